The van der Waals surface area contributed by atoms with Crippen LogP contribution in [0.5, 0.6) is 0 Å². The maximum absolute atomic E-state index is 17.8. The molecule has 0 amide bonds. The van der Waals surface area contributed by atoms with Crippen LogP contribution in [0.2, 0.25) is 0 Å². The van der Waals surface area contributed by atoms with Crippen molar-refractivity contribution >= 4 is 16.3 Å². The van der Waals surface area contributed by atoms with Crippen molar-refractivity contribution < 1.29 is 8.98 Å². The molecule has 416 valence electrons. The van der Waals surface area contributed by atoms with E-state index in [1.807, 2.05) is 0 Å². The zero-order valence-corrected chi connectivity index (χ0v) is 49.0. The summed E-state index contributed by atoms with van der Waals surface area (Å²) < 4.78 is 8.94. The second-order valence-corrected chi connectivity index (χ2v) is 26.6. The SMILES string of the molecule is O=C(OS(c1c(-c2ccccc2)cc(-c2ccccc2)cc1-c1ccccc1)(c1c(-c2ccccc2)cc(-c2ccccc2)cc1-c1ccccc1)c1c(-c2ccccc2)cc(-c2ccccc2)cc1-c1ccccc1)C12CC3CC(CC(C3)C1)C2. The van der Waals surface area contributed by atoms with Crippen LogP contribution in [0, 0.1) is 23.2 Å². The maximum Gasteiger partial charge on any atom is 0.323 e. The largest absolute Gasteiger partial charge is 0.401 e. The van der Waals surface area contributed by atoms with Gasteiger partial charge in [-0.05, 0) is 203 Å². The molecule has 4 fully saturated rings. The number of benzene rings is 12. The van der Waals surface area contributed by atoms with Crippen LogP contribution in [0.1, 0.15) is 38.5 Å². The first-order valence-corrected chi connectivity index (χ1v) is 32.1. The molecule has 86 heavy (non-hydrogen) atoms. The number of carbonyl (C=O) groups excluding carboxylic acids is 1. The molecule has 2 nitrogen and oxygen atoms in total. The van der Waals surface area contributed by atoms with Crippen molar-refractivity contribution in [2.75, 3.05) is 0 Å². The van der Waals surface area contributed by atoms with E-state index in [4.69, 9.17) is 4.18 Å². The summed E-state index contributed by atoms with van der Waals surface area (Å²) in [7, 11) is -3.54. The van der Waals surface area contributed by atoms with Crippen LogP contribution in [0.25, 0.3) is 100 Å². The van der Waals surface area contributed by atoms with E-state index < -0.39 is 15.7 Å². The van der Waals surface area contributed by atoms with Gasteiger partial charge in [0, 0.05) is 14.7 Å². The fourth-order valence-electron chi connectivity index (χ4n) is 15.2. The minimum Gasteiger partial charge on any atom is -0.401 e. The van der Waals surface area contributed by atoms with Gasteiger partial charge in [-0.15, -0.1) is 0 Å². The molecule has 0 heterocycles. The highest BCUT2D eigenvalue weighted by molar-refractivity contribution is 8.30. The fourth-order valence-corrected chi connectivity index (χ4v) is 19.4. The topological polar surface area (TPSA) is 26.3 Å². The van der Waals surface area contributed by atoms with Gasteiger partial charge in [0.2, 0.25) is 0 Å². The predicted octanol–water partition coefficient (Wildman–Crippen LogP) is 22.6. The predicted molar refractivity (Wildman–Crippen MR) is 357 cm³/mol. The van der Waals surface area contributed by atoms with Gasteiger partial charge in [0.25, 0.3) is 0 Å². The monoisotopic (exact) mass is 1130 g/mol. The van der Waals surface area contributed by atoms with E-state index >= 15 is 4.79 Å². The molecule has 0 aliphatic heterocycles. The molecule has 12 aromatic rings. The number of hydrogen-bond acceptors (Lipinski definition) is 2. The average molecular weight is 1130 g/mol. The van der Waals surface area contributed by atoms with Crippen LogP contribution in [-0.2, 0) is 8.98 Å². The van der Waals surface area contributed by atoms with E-state index in [1.165, 1.54) is 19.3 Å². The van der Waals surface area contributed by atoms with E-state index in [0.717, 1.165) is 134 Å². The Morgan fingerprint density at radius 1 is 0.267 bits per heavy atom. The van der Waals surface area contributed by atoms with Gasteiger partial charge in [0.05, 0.1) is 5.41 Å². The molecule has 0 radical (unpaired) electrons. The Morgan fingerprint density at radius 3 is 0.651 bits per heavy atom. The highest BCUT2D eigenvalue weighted by Crippen LogP contribution is 2.80. The molecule has 0 aromatic heterocycles. The summed E-state index contributed by atoms with van der Waals surface area (Å²) in [4.78, 5) is 20.7. The second kappa shape index (κ2) is 22.8. The summed E-state index contributed by atoms with van der Waals surface area (Å²) in [6, 6.07) is 113. The van der Waals surface area contributed by atoms with Gasteiger partial charge in [0.15, 0.2) is 0 Å². The Bertz CT molecular complexity index is 3740. The van der Waals surface area contributed by atoms with Crippen molar-refractivity contribution in [2.45, 2.75) is 53.2 Å². The summed E-state index contributed by atoms with van der Waals surface area (Å²) in [6.45, 7) is 0. The lowest BCUT2D eigenvalue weighted by Crippen LogP contribution is -2.50. The quantitative estimate of drug-likeness (QED) is 0.108. The molecule has 0 spiro atoms. The van der Waals surface area contributed by atoms with E-state index in [2.05, 4.69) is 309 Å². The van der Waals surface area contributed by atoms with Gasteiger partial charge in [-0.1, -0.05) is 273 Å². The number of rotatable bonds is 14. The van der Waals surface area contributed by atoms with Crippen molar-refractivity contribution in [2.24, 2.45) is 23.2 Å². The van der Waals surface area contributed by atoms with E-state index in [1.54, 1.807) is 0 Å². The van der Waals surface area contributed by atoms with Crippen LogP contribution < -0.4 is 0 Å². The van der Waals surface area contributed by atoms with Crippen LogP contribution in [-0.4, -0.2) is 5.97 Å². The lowest BCUT2D eigenvalue weighted by Gasteiger charge is -2.56. The zero-order chi connectivity index (χ0) is 57.4. The van der Waals surface area contributed by atoms with Crippen molar-refractivity contribution in [3.63, 3.8) is 0 Å². The zero-order valence-electron chi connectivity index (χ0n) is 48.1. The first-order valence-electron chi connectivity index (χ1n) is 30.6. The Labute approximate surface area is 508 Å². The third-order valence-electron chi connectivity index (χ3n) is 18.6. The summed E-state index contributed by atoms with van der Waals surface area (Å²) in [5.41, 5.74) is 18.1. The first-order chi connectivity index (χ1) is 42.5. The molecule has 0 saturated heterocycles. The van der Waals surface area contributed by atoms with E-state index in [9.17, 15) is 0 Å². The summed E-state index contributed by atoms with van der Waals surface area (Å²) >= 11 is 0. The third kappa shape index (κ3) is 9.80. The van der Waals surface area contributed by atoms with E-state index in [-0.39, 0.29) is 5.97 Å². The van der Waals surface area contributed by atoms with Crippen LogP contribution in [0.4, 0.5) is 0 Å². The molecular weight excluding hydrogens is 1060 g/mol. The van der Waals surface area contributed by atoms with Gasteiger partial charge in [-0.3, -0.25) is 4.79 Å². The molecule has 0 atom stereocenters. The lowest BCUT2D eigenvalue weighted by atomic mass is 9.49. The molecule has 12 aromatic carbocycles. The fraction of sp³-hybridized carbons (Fsp3) is 0.120. The van der Waals surface area contributed by atoms with Crippen molar-refractivity contribution in [3.05, 3.63) is 309 Å². The van der Waals surface area contributed by atoms with Crippen molar-refractivity contribution in [1.29, 1.82) is 0 Å². The van der Waals surface area contributed by atoms with Crippen LogP contribution in [0.15, 0.2) is 324 Å². The summed E-state index contributed by atoms with van der Waals surface area (Å²) in [6.07, 6.45) is 6.09. The molecule has 4 aliphatic carbocycles. The highest BCUT2D eigenvalue weighted by atomic mass is 32.3. The van der Waals surface area contributed by atoms with Gasteiger partial charge in [-0.2, -0.15) is 0 Å². The molecule has 4 bridgehead atoms. The maximum atomic E-state index is 17.8. The van der Waals surface area contributed by atoms with Crippen molar-refractivity contribution in [3.8, 4) is 100 Å². The normalized spacial score (nSPS) is 17.9. The molecule has 4 aliphatic rings. The highest BCUT2D eigenvalue weighted by Gasteiger charge is 2.58. The minimum atomic E-state index is -3.54. The first kappa shape index (κ1) is 53.2. The van der Waals surface area contributed by atoms with Crippen molar-refractivity contribution in [1.82, 2.24) is 0 Å². The van der Waals surface area contributed by atoms with Crippen LogP contribution in [0.3, 0.4) is 0 Å². The van der Waals surface area contributed by atoms with Crippen LogP contribution >= 0.6 is 10.3 Å². The summed E-state index contributed by atoms with van der Waals surface area (Å²) in [5, 5.41) is 0. The third-order valence-corrected chi connectivity index (χ3v) is 22.1. The Hall–Kier alpha value is -9.54. The average Bonchev–Trinajstić information content (AvgIpc) is 0.864. The van der Waals surface area contributed by atoms with E-state index in [0.29, 0.717) is 17.8 Å². The minimum absolute atomic E-state index is 0.0768. The molecule has 0 N–H and O–H groups in total. The standard InChI is InChI=1S/C83H66O2S/c84-82(83-55-58-46-59(56-83)48-60(47-58)57-83)85-86(79-73(64-34-16-4-17-35-64)49-70(61-28-10-1-11-29-61)50-74(79)65-36-18-5-19-37-65,80-75(66-38-20-6-21-39-66)51-71(62-30-12-2-13-31-62)52-76(80)67-40-22-7-23-41-67)81-77(68-42-24-8-25-43-68)53-72(63-32-14-3-15-33-63)54-78(81)69-44-26-9-27-45-69/h1-45,49-54,58-60H,46-48,55-57H2. The lowest BCUT2D eigenvalue weighted by molar-refractivity contribution is -0.160. The smallest absolute Gasteiger partial charge is 0.323 e. The van der Waals surface area contributed by atoms with Gasteiger partial charge in [0.1, 0.15) is 0 Å². The molecule has 16 rings (SSSR count). The molecule has 0 unspecified atom stereocenters. The van der Waals surface area contributed by atoms with Gasteiger partial charge >= 0.3 is 5.97 Å². The molecule has 4 saturated carbocycles. The molecular formula is C83H66O2S. The number of carbonyl (C=O) groups is 1. The Morgan fingerprint density at radius 2 is 0.453 bits per heavy atom. The summed E-state index contributed by atoms with van der Waals surface area (Å²) in [5.74, 6) is 1.38. The molecule has 3 heteroatoms. The Balaban J connectivity index is 1.24. The second-order valence-electron chi connectivity index (χ2n) is 24.1. The number of hydrogen-bond donors (Lipinski definition) is 0. The Kier molecular flexibility index (Phi) is 14.1. The van der Waals surface area contributed by atoms with Gasteiger partial charge in [-0.25, -0.2) is 0 Å². The van der Waals surface area contributed by atoms with Gasteiger partial charge < -0.3 is 4.18 Å².